The zero-order valence-corrected chi connectivity index (χ0v) is 8.78. The van der Waals surface area contributed by atoms with Crippen LogP contribution < -0.4 is 4.90 Å². The number of anilines is 1. The van der Waals surface area contributed by atoms with E-state index in [9.17, 15) is 4.79 Å². The molecule has 0 radical (unpaired) electrons. The Kier molecular flexibility index (Phi) is 1.82. The molecule has 0 atom stereocenters. The van der Waals surface area contributed by atoms with Crippen LogP contribution >= 0.6 is 22.6 Å². The highest BCUT2D eigenvalue weighted by molar-refractivity contribution is 14.1. The van der Waals surface area contributed by atoms with Crippen molar-refractivity contribution in [3.05, 3.63) is 9.77 Å². The van der Waals surface area contributed by atoms with Crippen LogP contribution in [0.15, 0.2) is 6.20 Å². The second-order valence-corrected chi connectivity index (χ2v) is 3.87. The Balaban J connectivity index is 2.46. The van der Waals surface area contributed by atoms with Gasteiger partial charge in [-0.1, -0.05) is 0 Å². The summed E-state index contributed by atoms with van der Waals surface area (Å²) in [7, 11) is 0. The van der Waals surface area contributed by atoms with Gasteiger partial charge in [0.1, 0.15) is 5.82 Å². The number of aromatic nitrogens is 2. The summed E-state index contributed by atoms with van der Waals surface area (Å²) in [4.78, 5) is 12.9. The van der Waals surface area contributed by atoms with Crippen molar-refractivity contribution in [1.29, 1.82) is 0 Å². The third-order valence-electron chi connectivity index (χ3n) is 1.94. The maximum atomic E-state index is 11.1. The molecule has 0 aromatic carbocycles. The summed E-state index contributed by atoms with van der Waals surface area (Å²) < 4.78 is 2.91. The van der Waals surface area contributed by atoms with Crippen molar-refractivity contribution in [2.75, 3.05) is 11.4 Å². The minimum absolute atomic E-state index is 0.0900. The number of nitrogens with zero attached hydrogens (tertiary/aromatic N) is 3. The first-order valence-corrected chi connectivity index (χ1v) is 4.77. The predicted octanol–water partition coefficient (Wildman–Crippen LogP) is 0.854. The van der Waals surface area contributed by atoms with Crippen LogP contribution in [0.1, 0.15) is 6.92 Å². The van der Waals surface area contributed by atoms with Gasteiger partial charge >= 0.3 is 0 Å². The molecule has 0 N–H and O–H groups in total. The Bertz CT molecular complexity index is 333. The molecule has 0 spiro atoms. The van der Waals surface area contributed by atoms with Gasteiger partial charge in [-0.05, 0) is 22.6 Å². The number of rotatable bonds is 0. The van der Waals surface area contributed by atoms with E-state index < -0.39 is 0 Å². The second-order valence-electron chi connectivity index (χ2n) is 2.71. The molecule has 0 saturated heterocycles. The zero-order chi connectivity index (χ0) is 8.72. The van der Waals surface area contributed by atoms with Gasteiger partial charge < -0.3 is 0 Å². The molecular formula is C7H8IN3O. The van der Waals surface area contributed by atoms with Gasteiger partial charge in [-0.2, -0.15) is 5.10 Å². The van der Waals surface area contributed by atoms with E-state index in [1.165, 1.54) is 0 Å². The molecule has 0 bridgehead atoms. The lowest BCUT2D eigenvalue weighted by atomic mass is 10.5. The fourth-order valence-corrected chi connectivity index (χ4v) is 2.09. The Hall–Kier alpha value is -0.590. The first-order chi connectivity index (χ1) is 5.70. The topological polar surface area (TPSA) is 38.1 Å². The smallest absolute Gasteiger partial charge is 0.225 e. The fourth-order valence-electron chi connectivity index (χ4n) is 1.40. The molecule has 2 rings (SSSR count). The number of hydrogen-bond acceptors (Lipinski definition) is 2. The maximum absolute atomic E-state index is 11.1. The van der Waals surface area contributed by atoms with E-state index in [4.69, 9.17) is 0 Å². The van der Waals surface area contributed by atoms with Crippen molar-refractivity contribution in [3.63, 3.8) is 0 Å². The zero-order valence-electron chi connectivity index (χ0n) is 6.62. The number of carbonyl (C=O) groups is 1. The van der Waals surface area contributed by atoms with Crippen LogP contribution in [0.25, 0.3) is 0 Å². The molecule has 0 unspecified atom stereocenters. The van der Waals surface area contributed by atoms with Gasteiger partial charge in [0.2, 0.25) is 5.91 Å². The molecule has 12 heavy (non-hydrogen) atoms. The van der Waals surface area contributed by atoms with Gasteiger partial charge in [-0.15, -0.1) is 0 Å². The molecule has 1 aromatic heterocycles. The van der Waals surface area contributed by atoms with Gasteiger partial charge in [-0.25, -0.2) is 4.68 Å². The van der Waals surface area contributed by atoms with Crippen molar-refractivity contribution in [3.8, 4) is 0 Å². The van der Waals surface area contributed by atoms with Gasteiger partial charge in [0.25, 0.3) is 0 Å². The molecule has 5 heteroatoms. The lowest BCUT2D eigenvalue weighted by Gasteiger charge is -2.11. The second kappa shape index (κ2) is 2.72. The molecule has 1 aromatic rings. The Morgan fingerprint density at radius 2 is 2.42 bits per heavy atom. The number of hydrogen-bond donors (Lipinski definition) is 0. The molecule has 64 valence electrons. The maximum Gasteiger partial charge on any atom is 0.225 e. The standard InChI is InChI=1S/C7H8IN3O/c1-5(12)10-2-3-11-7(10)6(8)4-9-11/h4H,2-3H2,1H3. The molecule has 2 heterocycles. The summed E-state index contributed by atoms with van der Waals surface area (Å²) in [6.45, 7) is 3.16. The minimum Gasteiger partial charge on any atom is -0.295 e. The summed E-state index contributed by atoms with van der Waals surface area (Å²) in [5, 5.41) is 4.14. The highest BCUT2D eigenvalue weighted by Crippen LogP contribution is 2.26. The quantitative estimate of drug-likeness (QED) is 0.659. The van der Waals surface area contributed by atoms with Crippen molar-refractivity contribution < 1.29 is 4.79 Å². The van der Waals surface area contributed by atoms with E-state index in [0.717, 1.165) is 22.5 Å². The highest BCUT2D eigenvalue weighted by Gasteiger charge is 2.25. The summed E-state index contributed by atoms with van der Waals surface area (Å²) in [5.74, 6) is 1.04. The first-order valence-electron chi connectivity index (χ1n) is 3.69. The summed E-state index contributed by atoms with van der Waals surface area (Å²) >= 11 is 2.19. The Labute approximate surface area is 83.7 Å². The van der Waals surface area contributed by atoms with Crippen LogP contribution in [0.5, 0.6) is 0 Å². The van der Waals surface area contributed by atoms with E-state index in [1.807, 2.05) is 4.68 Å². The van der Waals surface area contributed by atoms with Gasteiger partial charge in [0.15, 0.2) is 0 Å². The van der Waals surface area contributed by atoms with Crippen molar-refractivity contribution in [2.24, 2.45) is 0 Å². The molecule has 1 amide bonds. The third-order valence-corrected chi connectivity index (χ3v) is 2.70. The van der Waals surface area contributed by atoms with Crippen LogP contribution in [0.4, 0.5) is 5.82 Å². The molecule has 4 nitrogen and oxygen atoms in total. The summed E-state index contributed by atoms with van der Waals surface area (Å²) in [6.07, 6.45) is 1.78. The normalized spacial score (nSPS) is 15.0. The Morgan fingerprint density at radius 3 is 3.08 bits per heavy atom. The molecule has 0 aliphatic carbocycles. The fraction of sp³-hybridized carbons (Fsp3) is 0.429. The lowest BCUT2D eigenvalue weighted by Crippen LogP contribution is -2.26. The van der Waals surface area contributed by atoms with Crippen LogP contribution in [-0.2, 0) is 11.3 Å². The van der Waals surface area contributed by atoms with Crippen LogP contribution in [-0.4, -0.2) is 22.2 Å². The van der Waals surface area contributed by atoms with Crippen molar-refractivity contribution in [2.45, 2.75) is 13.5 Å². The van der Waals surface area contributed by atoms with Gasteiger partial charge in [0.05, 0.1) is 16.3 Å². The Morgan fingerprint density at radius 1 is 1.67 bits per heavy atom. The van der Waals surface area contributed by atoms with E-state index in [2.05, 4.69) is 27.7 Å². The minimum atomic E-state index is 0.0900. The van der Waals surface area contributed by atoms with Gasteiger partial charge in [-0.3, -0.25) is 9.69 Å². The summed E-state index contributed by atoms with van der Waals surface area (Å²) in [5.41, 5.74) is 0. The number of amides is 1. The third kappa shape index (κ3) is 1.03. The summed E-state index contributed by atoms with van der Waals surface area (Å²) in [6, 6.07) is 0. The largest absolute Gasteiger partial charge is 0.295 e. The SMILES string of the molecule is CC(=O)N1CCn2ncc(I)c21. The molecule has 1 aliphatic rings. The number of halogens is 1. The van der Waals surface area contributed by atoms with E-state index in [1.54, 1.807) is 18.0 Å². The van der Waals surface area contributed by atoms with Crippen LogP contribution in [0.2, 0.25) is 0 Å². The molecule has 0 fully saturated rings. The predicted molar refractivity (Wildman–Crippen MR) is 53.0 cm³/mol. The van der Waals surface area contributed by atoms with Crippen molar-refractivity contribution >= 4 is 34.3 Å². The number of fused-ring (bicyclic) bond motifs is 1. The highest BCUT2D eigenvalue weighted by atomic mass is 127. The van der Waals surface area contributed by atoms with E-state index in [0.29, 0.717) is 0 Å². The van der Waals surface area contributed by atoms with Crippen LogP contribution in [0.3, 0.4) is 0 Å². The monoisotopic (exact) mass is 277 g/mol. The average Bonchev–Trinajstić information content (AvgIpc) is 2.53. The van der Waals surface area contributed by atoms with E-state index >= 15 is 0 Å². The average molecular weight is 277 g/mol. The van der Waals surface area contributed by atoms with Crippen molar-refractivity contribution in [1.82, 2.24) is 9.78 Å². The molecular weight excluding hydrogens is 269 g/mol. The number of carbonyl (C=O) groups excluding carboxylic acids is 1. The molecule has 0 saturated carbocycles. The van der Waals surface area contributed by atoms with Gasteiger partial charge in [0, 0.05) is 13.5 Å². The lowest BCUT2D eigenvalue weighted by molar-refractivity contribution is -0.116. The molecule has 1 aliphatic heterocycles. The van der Waals surface area contributed by atoms with Crippen LogP contribution in [0, 0.1) is 3.57 Å². The first kappa shape index (κ1) is 8.03. The van der Waals surface area contributed by atoms with E-state index in [-0.39, 0.29) is 5.91 Å².